The van der Waals surface area contributed by atoms with E-state index in [0.717, 1.165) is 18.4 Å². The van der Waals surface area contributed by atoms with E-state index in [0.29, 0.717) is 17.5 Å². The molecule has 84 valence electrons. The fourth-order valence-electron chi connectivity index (χ4n) is 1.70. The van der Waals surface area contributed by atoms with Gasteiger partial charge in [0.1, 0.15) is 5.78 Å². The van der Waals surface area contributed by atoms with Crippen LogP contribution in [0.1, 0.15) is 25.3 Å². The summed E-state index contributed by atoms with van der Waals surface area (Å²) in [6.45, 7) is 1.59. The number of aryl methyl sites for hydroxylation is 1. The van der Waals surface area contributed by atoms with Gasteiger partial charge in [0.05, 0.1) is 5.52 Å². The minimum Gasteiger partial charge on any atom is -0.408 e. The van der Waals surface area contributed by atoms with E-state index in [1.54, 1.807) is 13.0 Å². The smallest absolute Gasteiger partial charge is 0.408 e. The van der Waals surface area contributed by atoms with E-state index in [1.165, 1.54) is 0 Å². The molecule has 0 radical (unpaired) electrons. The van der Waals surface area contributed by atoms with Gasteiger partial charge in [-0.1, -0.05) is 6.07 Å². The molecule has 0 saturated carbocycles. The van der Waals surface area contributed by atoms with Crippen LogP contribution in [0.2, 0.25) is 0 Å². The number of hydrogen-bond acceptors (Lipinski definition) is 3. The molecular weight excluding hydrogens is 206 g/mol. The minimum atomic E-state index is -0.434. The van der Waals surface area contributed by atoms with Crippen LogP contribution < -0.4 is 5.76 Å². The van der Waals surface area contributed by atoms with Crippen LogP contribution in [0.4, 0.5) is 0 Å². The maximum absolute atomic E-state index is 10.9. The Labute approximate surface area is 92.3 Å². The molecule has 4 nitrogen and oxygen atoms in total. The van der Waals surface area contributed by atoms with Crippen LogP contribution >= 0.6 is 0 Å². The monoisotopic (exact) mass is 219 g/mol. The second-order valence-corrected chi connectivity index (χ2v) is 3.90. The Morgan fingerprint density at radius 2 is 2.25 bits per heavy atom. The van der Waals surface area contributed by atoms with Crippen molar-refractivity contribution in [3.8, 4) is 0 Å². The Balaban J connectivity index is 2.13. The van der Waals surface area contributed by atoms with Crippen molar-refractivity contribution in [1.82, 2.24) is 4.98 Å². The van der Waals surface area contributed by atoms with Gasteiger partial charge in [-0.3, -0.25) is 4.98 Å². The molecule has 0 saturated heterocycles. The normalized spacial score (nSPS) is 10.8. The lowest BCUT2D eigenvalue weighted by Crippen LogP contribution is -1.93. The van der Waals surface area contributed by atoms with E-state index < -0.39 is 5.76 Å². The standard InChI is InChI=1S/C12H13NO3/c1-8(14)3-2-4-9-5-6-11-10(7-9)13-12(15)16-11/h5-7H,2-4H2,1H3,(H,13,15). The molecule has 1 heterocycles. The Morgan fingerprint density at radius 1 is 1.44 bits per heavy atom. The highest BCUT2D eigenvalue weighted by atomic mass is 16.4. The summed E-state index contributed by atoms with van der Waals surface area (Å²) in [5.74, 6) is -0.228. The van der Waals surface area contributed by atoms with Gasteiger partial charge >= 0.3 is 5.76 Å². The zero-order valence-electron chi connectivity index (χ0n) is 9.08. The predicted octanol–water partition coefficient (Wildman–Crippen LogP) is 2.03. The molecule has 1 aromatic heterocycles. The van der Waals surface area contributed by atoms with Crippen LogP contribution in [0.3, 0.4) is 0 Å². The van der Waals surface area contributed by atoms with E-state index in [2.05, 4.69) is 4.98 Å². The first-order valence-corrected chi connectivity index (χ1v) is 5.26. The van der Waals surface area contributed by atoms with Crippen molar-refractivity contribution in [2.75, 3.05) is 0 Å². The number of Topliss-reactive ketones (excluding diaryl/α,β-unsaturated/α-hetero) is 1. The average molecular weight is 219 g/mol. The highest BCUT2D eigenvalue weighted by Crippen LogP contribution is 2.14. The maximum atomic E-state index is 10.9. The summed E-state index contributed by atoms with van der Waals surface area (Å²) in [6, 6.07) is 5.58. The number of H-pyrrole nitrogens is 1. The number of benzene rings is 1. The van der Waals surface area contributed by atoms with Gasteiger partial charge in [-0.2, -0.15) is 0 Å². The summed E-state index contributed by atoms with van der Waals surface area (Å²) in [5.41, 5.74) is 2.39. The van der Waals surface area contributed by atoms with E-state index in [4.69, 9.17) is 4.42 Å². The highest BCUT2D eigenvalue weighted by molar-refractivity contribution is 5.75. The summed E-state index contributed by atoms with van der Waals surface area (Å²) in [4.78, 5) is 24.3. The summed E-state index contributed by atoms with van der Waals surface area (Å²) in [6.07, 6.45) is 2.27. The van der Waals surface area contributed by atoms with E-state index in [9.17, 15) is 9.59 Å². The SMILES string of the molecule is CC(=O)CCCc1ccc2oc(=O)[nH]c2c1. The molecular formula is C12H13NO3. The Bertz CT molecular complexity index is 565. The first-order valence-electron chi connectivity index (χ1n) is 5.26. The summed E-state index contributed by atoms with van der Waals surface area (Å²) in [7, 11) is 0. The molecule has 1 aromatic carbocycles. The first-order chi connectivity index (χ1) is 7.65. The molecule has 0 amide bonds. The molecule has 16 heavy (non-hydrogen) atoms. The fourth-order valence-corrected chi connectivity index (χ4v) is 1.70. The van der Waals surface area contributed by atoms with Crippen molar-refractivity contribution in [3.63, 3.8) is 0 Å². The zero-order chi connectivity index (χ0) is 11.5. The van der Waals surface area contributed by atoms with Crippen LogP contribution in [0, 0.1) is 0 Å². The van der Waals surface area contributed by atoms with E-state index >= 15 is 0 Å². The zero-order valence-corrected chi connectivity index (χ0v) is 9.08. The Kier molecular flexibility index (Phi) is 2.90. The molecule has 0 aliphatic rings. The molecule has 0 aliphatic carbocycles. The van der Waals surface area contributed by atoms with Gasteiger partial charge in [0, 0.05) is 6.42 Å². The van der Waals surface area contributed by atoms with Crippen molar-refractivity contribution in [2.24, 2.45) is 0 Å². The number of ketones is 1. The number of fused-ring (bicyclic) bond motifs is 1. The highest BCUT2D eigenvalue weighted by Gasteiger charge is 2.02. The number of carbonyl (C=O) groups is 1. The van der Waals surface area contributed by atoms with Crippen LogP contribution in [-0.2, 0) is 11.2 Å². The number of aromatic amines is 1. The topological polar surface area (TPSA) is 63.1 Å². The number of carbonyl (C=O) groups excluding carboxylic acids is 1. The Morgan fingerprint density at radius 3 is 3.00 bits per heavy atom. The summed E-state index contributed by atoms with van der Waals surface area (Å²) >= 11 is 0. The molecule has 0 fully saturated rings. The third-order valence-corrected chi connectivity index (χ3v) is 2.48. The van der Waals surface area contributed by atoms with Gasteiger partial charge < -0.3 is 9.21 Å². The van der Waals surface area contributed by atoms with Crippen LogP contribution in [0.15, 0.2) is 27.4 Å². The molecule has 1 N–H and O–H groups in total. The van der Waals surface area contributed by atoms with Gasteiger partial charge in [0.25, 0.3) is 0 Å². The van der Waals surface area contributed by atoms with E-state index in [1.807, 2.05) is 12.1 Å². The van der Waals surface area contributed by atoms with Gasteiger partial charge in [-0.25, -0.2) is 4.79 Å². The Hall–Kier alpha value is -1.84. The third kappa shape index (κ3) is 2.39. The lowest BCUT2D eigenvalue weighted by atomic mass is 10.1. The summed E-state index contributed by atoms with van der Waals surface area (Å²) < 4.78 is 4.90. The van der Waals surface area contributed by atoms with Crippen molar-refractivity contribution in [2.45, 2.75) is 26.2 Å². The van der Waals surface area contributed by atoms with Gasteiger partial charge in [0.2, 0.25) is 0 Å². The third-order valence-electron chi connectivity index (χ3n) is 2.48. The van der Waals surface area contributed by atoms with Crippen LogP contribution in [0.5, 0.6) is 0 Å². The van der Waals surface area contributed by atoms with Gasteiger partial charge in [-0.15, -0.1) is 0 Å². The second-order valence-electron chi connectivity index (χ2n) is 3.90. The largest absolute Gasteiger partial charge is 0.417 e. The quantitative estimate of drug-likeness (QED) is 0.855. The summed E-state index contributed by atoms with van der Waals surface area (Å²) in [5, 5.41) is 0. The molecule has 0 unspecified atom stereocenters. The number of nitrogens with one attached hydrogen (secondary N) is 1. The van der Waals surface area contributed by atoms with Gasteiger partial charge in [0.15, 0.2) is 5.58 Å². The number of oxazole rings is 1. The number of hydrogen-bond donors (Lipinski definition) is 1. The van der Waals surface area contributed by atoms with E-state index in [-0.39, 0.29) is 5.78 Å². The van der Waals surface area contributed by atoms with Crippen LogP contribution in [-0.4, -0.2) is 10.8 Å². The van der Waals surface area contributed by atoms with Crippen molar-refractivity contribution >= 4 is 16.9 Å². The molecule has 0 aliphatic heterocycles. The average Bonchev–Trinajstić information content (AvgIpc) is 2.56. The molecule has 0 bridgehead atoms. The fraction of sp³-hybridized carbons (Fsp3) is 0.333. The van der Waals surface area contributed by atoms with Crippen LogP contribution in [0.25, 0.3) is 11.1 Å². The number of aromatic nitrogens is 1. The lowest BCUT2D eigenvalue weighted by Gasteiger charge is -1.99. The van der Waals surface area contributed by atoms with Crippen molar-refractivity contribution in [3.05, 3.63) is 34.3 Å². The minimum absolute atomic E-state index is 0.206. The van der Waals surface area contributed by atoms with Crippen molar-refractivity contribution in [1.29, 1.82) is 0 Å². The van der Waals surface area contributed by atoms with Crippen molar-refractivity contribution < 1.29 is 9.21 Å². The first kappa shape index (κ1) is 10.7. The molecule has 4 heteroatoms. The van der Waals surface area contributed by atoms with Gasteiger partial charge in [-0.05, 0) is 37.5 Å². The molecule has 0 atom stereocenters. The number of rotatable bonds is 4. The molecule has 2 aromatic rings. The molecule has 0 spiro atoms. The maximum Gasteiger partial charge on any atom is 0.417 e. The second kappa shape index (κ2) is 4.35. The lowest BCUT2D eigenvalue weighted by molar-refractivity contribution is -0.117. The predicted molar refractivity (Wildman–Crippen MR) is 60.5 cm³/mol. The molecule has 2 rings (SSSR count).